The smallest absolute Gasteiger partial charge is 0.410 e. The van der Waals surface area contributed by atoms with Crippen LogP contribution in [0.25, 0.3) is 22.2 Å². The molecule has 180 valence electrons. The molecular formula is C24H27F2N5O3. The first-order valence-electron chi connectivity index (χ1n) is 11.3. The number of nitrogens with one attached hydrogen (secondary N) is 1. The van der Waals surface area contributed by atoms with Crippen LogP contribution in [0.2, 0.25) is 0 Å². The first-order valence-corrected chi connectivity index (χ1v) is 11.3. The number of rotatable bonds is 5. The molecule has 1 N–H and O–H groups in total. The van der Waals surface area contributed by atoms with E-state index in [9.17, 15) is 18.4 Å². The van der Waals surface area contributed by atoms with Gasteiger partial charge in [0.05, 0.1) is 41.3 Å². The number of carbonyl (C=O) groups is 2. The summed E-state index contributed by atoms with van der Waals surface area (Å²) in [6.45, 7) is 6.77. The zero-order valence-corrected chi connectivity index (χ0v) is 19.3. The molecule has 3 aromatic rings. The van der Waals surface area contributed by atoms with Crippen LogP contribution >= 0.6 is 0 Å². The SMILES string of the molecule is CCNC(=O)c1cc(F)c(-c2cc3cnn(C4CCN(C(=O)OC(C)C)CC4)c3cn2)cc1F. The van der Waals surface area contributed by atoms with Crippen LogP contribution in [0.1, 0.15) is 50.0 Å². The second kappa shape index (κ2) is 9.74. The van der Waals surface area contributed by atoms with Crippen molar-refractivity contribution in [1.82, 2.24) is 25.0 Å². The number of pyridine rings is 1. The van der Waals surface area contributed by atoms with Gasteiger partial charge in [-0.3, -0.25) is 14.5 Å². The zero-order chi connectivity index (χ0) is 24.4. The van der Waals surface area contributed by atoms with Crippen molar-refractivity contribution in [3.63, 3.8) is 0 Å². The van der Waals surface area contributed by atoms with Crippen LogP contribution in [0.15, 0.2) is 30.6 Å². The fourth-order valence-electron chi connectivity index (χ4n) is 4.13. The van der Waals surface area contributed by atoms with Gasteiger partial charge in [0, 0.05) is 30.6 Å². The van der Waals surface area contributed by atoms with Crippen LogP contribution in [0.4, 0.5) is 13.6 Å². The van der Waals surface area contributed by atoms with E-state index < -0.39 is 17.5 Å². The van der Waals surface area contributed by atoms with Crippen LogP contribution in [-0.2, 0) is 4.74 Å². The first kappa shape index (κ1) is 23.6. The summed E-state index contributed by atoms with van der Waals surface area (Å²) in [4.78, 5) is 30.1. The van der Waals surface area contributed by atoms with Gasteiger partial charge >= 0.3 is 6.09 Å². The lowest BCUT2D eigenvalue weighted by Gasteiger charge is -2.32. The maximum absolute atomic E-state index is 14.7. The van der Waals surface area contributed by atoms with Crippen LogP contribution in [-0.4, -0.2) is 57.4 Å². The lowest BCUT2D eigenvalue weighted by atomic mass is 10.0. The van der Waals surface area contributed by atoms with Crippen molar-refractivity contribution in [2.75, 3.05) is 19.6 Å². The molecule has 0 unspecified atom stereocenters. The highest BCUT2D eigenvalue weighted by atomic mass is 19.1. The van der Waals surface area contributed by atoms with Gasteiger partial charge in [0.2, 0.25) is 0 Å². The van der Waals surface area contributed by atoms with Crippen molar-refractivity contribution in [2.45, 2.75) is 45.8 Å². The summed E-state index contributed by atoms with van der Waals surface area (Å²) in [5, 5.41) is 7.69. The summed E-state index contributed by atoms with van der Waals surface area (Å²) in [5.41, 5.74) is 0.640. The van der Waals surface area contributed by atoms with Crippen LogP contribution in [0, 0.1) is 11.6 Å². The van der Waals surface area contributed by atoms with Gasteiger partial charge in [-0.15, -0.1) is 0 Å². The number of piperidine rings is 1. The Kier molecular flexibility index (Phi) is 6.76. The molecule has 8 nitrogen and oxygen atoms in total. The van der Waals surface area contributed by atoms with E-state index in [-0.39, 0.29) is 35.1 Å². The molecule has 0 radical (unpaired) electrons. The average Bonchev–Trinajstić information content (AvgIpc) is 3.23. The molecule has 1 saturated heterocycles. The number of hydrogen-bond donors (Lipinski definition) is 1. The minimum Gasteiger partial charge on any atom is -0.447 e. The van der Waals surface area contributed by atoms with E-state index in [2.05, 4.69) is 15.4 Å². The second-order valence-corrected chi connectivity index (χ2v) is 8.54. The third kappa shape index (κ3) is 4.71. The van der Waals surface area contributed by atoms with Crippen molar-refractivity contribution in [3.8, 4) is 11.3 Å². The second-order valence-electron chi connectivity index (χ2n) is 8.54. The standard InChI is InChI=1S/C24H27F2N5O3/c1-4-27-23(32)18-11-19(25)17(10-20(18)26)21-9-15-12-29-31(22(15)13-28-21)16-5-7-30(8-6-16)24(33)34-14(2)3/h9-14,16H,4-8H2,1-3H3,(H,27,32). The number of benzene rings is 1. The molecule has 0 atom stereocenters. The Hall–Kier alpha value is -3.56. The minimum absolute atomic E-state index is 0.0304. The van der Waals surface area contributed by atoms with E-state index >= 15 is 0 Å². The van der Waals surface area contributed by atoms with E-state index in [0.29, 0.717) is 32.5 Å². The molecule has 0 saturated carbocycles. The quantitative estimate of drug-likeness (QED) is 0.599. The normalized spacial score (nSPS) is 14.6. The Labute approximate surface area is 195 Å². The summed E-state index contributed by atoms with van der Waals surface area (Å²) >= 11 is 0. The van der Waals surface area contributed by atoms with E-state index in [1.807, 2.05) is 18.5 Å². The molecule has 34 heavy (non-hydrogen) atoms. The number of aromatic nitrogens is 3. The Morgan fingerprint density at radius 1 is 1.15 bits per heavy atom. The predicted molar refractivity (Wildman–Crippen MR) is 122 cm³/mol. The summed E-state index contributed by atoms with van der Waals surface area (Å²) in [5.74, 6) is -2.22. The van der Waals surface area contributed by atoms with E-state index in [0.717, 1.165) is 23.0 Å². The molecule has 2 aromatic heterocycles. The molecule has 10 heteroatoms. The predicted octanol–water partition coefficient (Wildman–Crippen LogP) is 4.31. The number of amides is 2. The molecule has 1 aromatic carbocycles. The molecular weight excluding hydrogens is 444 g/mol. The third-order valence-corrected chi connectivity index (χ3v) is 5.80. The largest absolute Gasteiger partial charge is 0.447 e. The monoisotopic (exact) mass is 471 g/mol. The highest BCUT2D eigenvalue weighted by Gasteiger charge is 2.27. The summed E-state index contributed by atoms with van der Waals surface area (Å²) in [6, 6.07) is 3.62. The fraction of sp³-hybridized carbons (Fsp3) is 0.417. The Bertz CT molecular complexity index is 1220. The summed E-state index contributed by atoms with van der Waals surface area (Å²) < 4.78 is 36.4. The molecule has 1 fully saturated rings. The lowest BCUT2D eigenvalue weighted by molar-refractivity contribution is 0.0656. The van der Waals surface area contributed by atoms with Gasteiger partial charge < -0.3 is 15.0 Å². The molecule has 1 aliphatic heterocycles. The molecule has 3 heterocycles. The van der Waals surface area contributed by atoms with Gasteiger partial charge in [0.15, 0.2) is 0 Å². The maximum Gasteiger partial charge on any atom is 0.410 e. The highest BCUT2D eigenvalue weighted by Crippen LogP contribution is 2.30. The van der Waals surface area contributed by atoms with Crippen molar-refractivity contribution in [2.24, 2.45) is 0 Å². The Balaban J connectivity index is 1.54. The Morgan fingerprint density at radius 2 is 1.88 bits per heavy atom. The van der Waals surface area contributed by atoms with E-state index in [1.54, 1.807) is 30.3 Å². The van der Waals surface area contributed by atoms with Crippen LogP contribution < -0.4 is 5.32 Å². The average molecular weight is 472 g/mol. The van der Waals surface area contributed by atoms with Gasteiger partial charge in [-0.2, -0.15) is 5.10 Å². The lowest BCUT2D eigenvalue weighted by Crippen LogP contribution is -2.40. The zero-order valence-electron chi connectivity index (χ0n) is 19.3. The molecule has 4 rings (SSSR count). The number of hydrogen-bond acceptors (Lipinski definition) is 5. The number of nitrogens with zero attached hydrogens (tertiary/aromatic N) is 4. The van der Waals surface area contributed by atoms with Crippen LogP contribution in [0.3, 0.4) is 0 Å². The van der Waals surface area contributed by atoms with E-state index in [1.165, 1.54) is 0 Å². The highest BCUT2D eigenvalue weighted by molar-refractivity contribution is 5.95. The number of fused-ring (bicyclic) bond motifs is 1. The maximum atomic E-state index is 14.7. The van der Waals surface area contributed by atoms with Gasteiger partial charge in [0.25, 0.3) is 5.91 Å². The summed E-state index contributed by atoms with van der Waals surface area (Å²) in [7, 11) is 0. The van der Waals surface area contributed by atoms with E-state index in [4.69, 9.17) is 4.74 Å². The number of carbonyl (C=O) groups excluding carboxylic acids is 2. The third-order valence-electron chi connectivity index (χ3n) is 5.80. The fourth-order valence-corrected chi connectivity index (χ4v) is 4.13. The van der Waals surface area contributed by atoms with Crippen molar-refractivity contribution in [3.05, 3.63) is 47.8 Å². The van der Waals surface area contributed by atoms with Crippen molar-refractivity contribution >= 4 is 22.9 Å². The van der Waals surface area contributed by atoms with Gasteiger partial charge in [-0.1, -0.05) is 0 Å². The summed E-state index contributed by atoms with van der Waals surface area (Å²) in [6.07, 6.45) is 4.21. The molecule has 0 spiro atoms. The number of likely N-dealkylation sites (tertiary alicyclic amines) is 1. The Morgan fingerprint density at radius 3 is 2.56 bits per heavy atom. The van der Waals surface area contributed by atoms with Crippen LogP contribution in [0.5, 0.6) is 0 Å². The van der Waals surface area contributed by atoms with Gasteiger partial charge in [-0.05, 0) is 51.8 Å². The van der Waals surface area contributed by atoms with Crippen molar-refractivity contribution in [1.29, 1.82) is 0 Å². The number of ether oxygens (including phenoxy) is 1. The van der Waals surface area contributed by atoms with Gasteiger partial charge in [-0.25, -0.2) is 13.6 Å². The topological polar surface area (TPSA) is 89.4 Å². The minimum atomic E-state index is -0.817. The molecule has 0 bridgehead atoms. The molecule has 2 amide bonds. The van der Waals surface area contributed by atoms with Crippen molar-refractivity contribution < 1.29 is 23.1 Å². The first-order chi connectivity index (χ1) is 16.3. The molecule has 0 aliphatic carbocycles. The number of halogens is 2. The molecule has 1 aliphatic rings. The van der Waals surface area contributed by atoms with Gasteiger partial charge in [0.1, 0.15) is 11.6 Å².